The van der Waals surface area contributed by atoms with Crippen LogP contribution < -0.4 is 0 Å². The molecule has 1 rings (SSSR count). The van der Waals surface area contributed by atoms with E-state index < -0.39 is 0 Å². The Morgan fingerprint density at radius 1 is 1.10 bits per heavy atom. The van der Waals surface area contributed by atoms with Crippen LogP contribution in [0.3, 0.4) is 0 Å². The zero-order chi connectivity index (χ0) is 7.40. The lowest BCUT2D eigenvalue weighted by molar-refractivity contribution is 1.48. The summed E-state index contributed by atoms with van der Waals surface area (Å²) < 4.78 is -0.235. The topological polar surface area (TPSA) is 0 Å². The van der Waals surface area contributed by atoms with Crippen LogP contribution in [0.15, 0.2) is 35.2 Å². The van der Waals surface area contributed by atoms with E-state index in [1.807, 2.05) is 18.2 Å². The fourth-order valence-electron chi connectivity index (χ4n) is 0.561. The van der Waals surface area contributed by atoms with Crippen molar-refractivity contribution in [1.82, 2.24) is 0 Å². The second kappa shape index (κ2) is 4.76. The van der Waals surface area contributed by atoms with Crippen molar-refractivity contribution in [3.63, 3.8) is 0 Å². The Hall–Kier alpha value is 0.960. The molecule has 0 spiro atoms. The molecule has 1 aromatic rings. The number of hydrogen-bond donors (Lipinski definition) is 0. The molecule has 0 radical (unpaired) electrons. The lowest BCUT2D eigenvalue weighted by Crippen LogP contribution is -1.61. The smallest absolute Gasteiger partial charge is 0.0750 e. The molecule has 0 aliphatic carbocycles. The highest BCUT2D eigenvalue weighted by Crippen LogP contribution is 2.66. The first-order chi connectivity index (χ1) is 4.79. The Morgan fingerprint density at radius 3 is 2.20 bits per heavy atom. The standard InChI is InChI=1S/C6H5Br2PS/c7-9(8)10-6-4-2-1-3-5-6/h1-5H. The van der Waals surface area contributed by atoms with Gasteiger partial charge in [0.1, 0.15) is 0 Å². The molecular weight excluding hydrogens is 295 g/mol. The average Bonchev–Trinajstić information content (AvgIpc) is 1.88. The number of rotatable bonds is 2. The normalized spacial score (nSPS) is 10.3. The summed E-state index contributed by atoms with van der Waals surface area (Å²) in [6.45, 7) is 0. The molecule has 0 fully saturated rings. The molecule has 0 atom stereocenters. The minimum atomic E-state index is -0.235. The molecule has 0 aliphatic heterocycles. The monoisotopic (exact) mass is 298 g/mol. The van der Waals surface area contributed by atoms with Gasteiger partial charge in [0.05, 0.1) is 4.53 Å². The van der Waals surface area contributed by atoms with Crippen molar-refractivity contribution in [3.8, 4) is 0 Å². The number of halogens is 2. The molecule has 0 saturated carbocycles. The third kappa shape index (κ3) is 3.38. The van der Waals surface area contributed by atoms with E-state index in [9.17, 15) is 0 Å². The SMILES string of the molecule is BrP(Br)Sc1ccccc1. The van der Waals surface area contributed by atoms with Crippen LogP contribution >= 0.6 is 46.9 Å². The molecule has 10 heavy (non-hydrogen) atoms. The molecule has 0 N–H and O–H groups in total. The summed E-state index contributed by atoms with van der Waals surface area (Å²) in [7, 11) is 0. The highest BCUT2D eigenvalue weighted by molar-refractivity contribution is 9.77. The largest absolute Gasteiger partial charge is 0.0981 e. The summed E-state index contributed by atoms with van der Waals surface area (Å²) in [6.07, 6.45) is 0. The van der Waals surface area contributed by atoms with Crippen molar-refractivity contribution in [3.05, 3.63) is 30.3 Å². The molecule has 0 unspecified atom stereocenters. The van der Waals surface area contributed by atoms with Gasteiger partial charge in [-0.15, -0.1) is 0 Å². The summed E-state index contributed by atoms with van der Waals surface area (Å²) in [5, 5.41) is 0. The fraction of sp³-hybridized carbons (Fsp3) is 0. The van der Waals surface area contributed by atoms with Crippen LogP contribution in [0.25, 0.3) is 0 Å². The minimum absolute atomic E-state index is 0.235. The van der Waals surface area contributed by atoms with Crippen molar-refractivity contribution < 1.29 is 0 Å². The highest BCUT2D eigenvalue weighted by atomic mass is 79.9. The highest BCUT2D eigenvalue weighted by Gasteiger charge is 1.98. The van der Waals surface area contributed by atoms with Gasteiger partial charge < -0.3 is 0 Å². The van der Waals surface area contributed by atoms with Gasteiger partial charge >= 0.3 is 0 Å². The van der Waals surface area contributed by atoms with Crippen LogP contribution in [0.1, 0.15) is 0 Å². The van der Waals surface area contributed by atoms with E-state index >= 15 is 0 Å². The van der Waals surface area contributed by atoms with Crippen LogP contribution in [-0.2, 0) is 0 Å². The quantitative estimate of drug-likeness (QED) is 0.707. The Kier molecular flexibility index (Phi) is 4.31. The van der Waals surface area contributed by atoms with E-state index in [1.54, 1.807) is 11.4 Å². The Balaban J connectivity index is 2.59. The molecule has 4 heteroatoms. The maximum absolute atomic E-state index is 3.46. The zero-order valence-electron chi connectivity index (χ0n) is 5.00. The molecule has 0 aliphatic rings. The molecule has 0 bridgehead atoms. The first-order valence-electron chi connectivity index (χ1n) is 2.64. The summed E-state index contributed by atoms with van der Waals surface area (Å²) in [5.74, 6) is 0. The van der Waals surface area contributed by atoms with Crippen LogP contribution in [0, 0.1) is 0 Å². The predicted octanol–water partition coefficient (Wildman–Crippen LogP) is 4.80. The third-order valence-corrected chi connectivity index (χ3v) is 5.19. The fourth-order valence-corrected chi connectivity index (χ4v) is 4.85. The van der Waals surface area contributed by atoms with Crippen molar-refractivity contribution >= 4 is 46.9 Å². The second-order valence-electron chi connectivity index (χ2n) is 1.61. The third-order valence-electron chi connectivity index (χ3n) is 0.918. The molecule has 0 amide bonds. The molecule has 1 aromatic carbocycles. The van der Waals surface area contributed by atoms with Gasteiger partial charge in [-0.1, -0.05) is 29.6 Å². The van der Waals surface area contributed by atoms with Gasteiger partial charge in [-0.3, -0.25) is 0 Å². The summed E-state index contributed by atoms with van der Waals surface area (Å²) >= 11 is 8.71. The van der Waals surface area contributed by atoms with Gasteiger partial charge in [0.15, 0.2) is 0 Å². The van der Waals surface area contributed by atoms with E-state index in [0.717, 1.165) is 0 Å². The van der Waals surface area contributed by atoms with E-state index in [4.69, 9.17) is 0 Å². The van der Waals surface area contributed by atoms with E-state index in [1.165, 1.54) is 4.90 Å². The van der Waals surface area contributed by atoms with Crippen LogP contribution in [0.4, 0.5) is 0 Å². The molecule has 0 saturated heterocycles. The van der Waals surface area contributed by atoms with Gasteiger partial charge in [-0.2, -0.15) is 0 Å². The Morgan fingerprint density at radius 2 is 1.70 bits per heavy atom. The van der Waals surface area contributed by atoms with E-state index in [2.05, 4.69) is 43.1 Å². The van der Waals surface area contributed by atoms with Crippen LogP contribution in [-0.4, -0.2) is 0 Å². The maximum Gasteiger partial charge on any atom is 0.0981 e. The van der Waals surface area contributed by atoms with Crippen molar-refractivity contribution in [1.29, 1.82) is 0 Å². The second-order valence-corrected chi connectivity index (χ2v) is 14.2. The first-order valence-corrected chi connectivity index (χ1v) is 9.44. The molecular formula is C6H5Br2PS. The maximum atomic E-state index is 3.46. The van der Waals surface area contributed by atoms with Gasteiger partial charge in [0.2, 0.25) is 0 Å². The summed E-state index contributed by atoms with van der Waals surface area (Å²) in [6, 6.07) is 10.3. The average molecular weight is 300 g/mol. The molecule has 0 aromatic heterocycles. The summed E-state index contributed by atoms with van der Waals surface area (Å²) in [4.78, 5) is 1.29. The minimum Gasteiger partial charge on any atom is -0.0750 e. The molecule has 0 nitrogen and oxygen atoms in total. The Bertz CT molecular complexity index is 190. The van der Waals surface area contributed by atoms with Crippen molar-refractivity contribution in [2.45, 2.75) is 4.90 Å². The lowest BCUT2D eigenvalue weighted by atomic mass is 10.4. The van der Waals surface area contributed by atoms with Crippen LogP contribution in [0.2, 0.25) is 0 Å². The van der Waals surface area contributed by atoms with Gasteiger partial charge in [0.25, 0.3) is 0 Å². The van der Waals surface area contributed by atoms with Crippen molar-refractivity contribution in [2.75, 3.05) is 0 Å². The number of hydrogen-bond acceptors (Lipinski definition) is 1. The zero-order valence-corrected chi connectivity index (χ0v) is 9.88. The first kappa shape index (κ1) is 9.05. The van der Waals surface area contributed by atoms with Crippen LogP contribution in [0.5, 0.6) is 0 Å². The lowest BCUT2D eigenvalue weighted by Gasteiger charge is -1.98. The predicted molar refractivity (Wildman–Crippen MR) is 57.1 cm³/mol. The number of benzene rings is 1. The summed E-state index contributed by atoms with van der Waals surface area (Å²) in [5.41, 5.74) is 0. The van der Waals surface area contributed by atoms with Gasteiger partial charge in [-0.05, 0) is 43.1 Å². The van der Waals surface area contributed by atoms with E-state index in [0.29, 0.717) is 0 Å². The van der Waals surface area contributed by atoms with Crippen molar-refractivity contribution in [2.24, 2.45) is 0 Å². The molecule has 54 valence electrons. The molecule has 0 heterocycles. The van der Waals surface area contributed by atoms with Gasteiger partial charge in [-0.25, -0.2) is 0 Å². The van der Waals surface area contributed by atoms with E-state index in [-0.39, 0.29) is 4.53 Å². The van der Waals surface area contributed by atoms with Gasteiger partial charge in [0, 0.05) is 4.90 Å². The Labute approximate surface area is 81.8 Å².